The predicted octanol–water partition coefficient (Wildman–Crippen LogP) is -2.48. The van der Waals surface area contributed by atoms with Crippen molar-refractivity contribution in [1.82, 2.24) is 0 Å². The zero-order valence-electron chi connectivity index (χ0n) is 7.31. The second-order valence-corrected chi connectivity index (χ2v) is 4.06. The molecule has 0 aromatic heterocycles. The Morgan fingerprint density at radius 2 is 1.86 bits per heavy atom. The van der Waals surface area contributed by atoms with Gasteiger partial charge >= 0.3 is 7.82 Å². The van der Waals surface area contributed by atoms with Crippen LogP contribution in [0.4, 0.5) is 0 Å². The Bertz CT molecular complexity index is 222. The summed E-state index contributed by atoms with van der Waals surface area (Å²) < 4.78 is 14.0. The molecule has 0 rings (SSSR count). The van der Waals surface area contributed by atoms with E-state index < -0.39 is 32.4 Å². The maximum atomic E-state index is 10.3. The molecular formula is C5H13O8P. The maximum absolute atomic E-state index is 10.3. The van der Waals surface area contributed by atoms with Gasteiger partial charge in [-0.3, -0.25) is 4.52 Å². The van der Waals surface area contributed by atoms with Crippen LogP contribution in [0.1, 0.15) is 6.92 Å². The molecule has 0 bridgehead atoms. The summed E-state index contributed by atoms with van der Waals surface area (Å²) in [4.78, 5) is 16.6. The molecule has 0 saturated heterocycles. The molecule has 0 heterocycles. The fourth-order valence-corrected chi connectivity index (χ4v) is 1.06. The van der Waals surface area contributed by atoms with Gasteiger partial charge in [0.25, 0.3) is 0 Å². The first kappa shape index (κ1) is 13.9. The van der Waals surface area contributed by atoms with Gasteiger partial charge in [0.2, 0.25) is 0 Å². The first-order chi connectivity index (χ1) is 6.11. The predicted molar refractivity (Wildman–Crippen MR) is 42.9 cm³/mol. The van der Waals surface area contributed by atoms with Crippen molar-refractivity contribution in [1.29, 1.82) is 0 Å². The minimum Gasteiger partial charge on any atom is -0.394 e. The van der Waals surface area contributed by atoms with Gasteiger partial charge in [-0.15, -0.1) is 0 Å². The molecule has 0 aliphatic carbocycles. The van der Waals surface area contributed by atoms with Gasteiger partial charge in [-0.25, -0.2) is 4.57 Å². The Morgan fingerprint density at radius 1 is 1.43 bits per heavy atom. The van der Waals surface area contributed by atoms with Crippen LogP contribution in [0.25, 0.3) is 0 Å². The summed E-state index contributed by atoms with van der Waals surface area (Å²) in [6.07, 6.45) is -4.10. The van der Waals surface area contributed by atoms with Crippen LogP contribution in [0.15, 0.2) is 0 Å². The van der Waals surface area contributed by atoms with Gasteiger partial charge in [0.05, 0.1) is 6.61 Å². The van der Waals surface area contributed by atoms with E-state index in [-0.39, 0.29) is 0 Å². The Labute approximate surface area is 79.6 Å². The van der Waals surface area contributed by atoms with E-state index in [4.69, 9.17) is 25.1 Å². The molecule has 0 amide bonds. The van der Waals surface area contributed by atoms with Gasteiger partial charge in [0.1, 0.15) is 11.7 Å². The van der Waals surface area contributed by atoms with E-state index in [1.165, 1.54) is 0 Å². The van der Waals surface area contributed by atoms with E-state index in [0.717, 1.165) is 6.92 Å². The van der Waals surface area contributed by atoms with Crippen LogP contribution >= 0.6 is 7.82 Å². The van der Waals surface area contributed by atoms with Gasteiger partial charge in [0, 0.05) is 0 Å². The highest BCUT2D eigenvalue weighted by molar-refractivity contribution is 7.46. The Hall–Kier alpha value is -0.0500. The number of phosphoric acid groups is 1. The van der Waals surface area contributed by atoms with E-state index in [2.05, 4.69) is 4.52 Å². The first-order valence-electron chi connectivity index (χ1n) is 3.54. The largest absolute Gasteiger partial charge is 0.472 e. The molecule has 0 aromatic carbocycles. The molecule has 0 aromatic rings. The molecule has 9 heteroatoms. The van der Waals surface area contributed by atoms with E-state index in [1.54, 1.807) is 0 Å². The number of aliphatic hydroxyl groups is 4. The Morgan fingerprint density at radius 3 is 2.14 bits per heavy atom. The summed E-state index contributed by atoms with van der Waals surface area (Å²) in [6.45, 7) is -0.0389. The highest BCUT2D eigenvalue weighted by Crippen LogP contribution is 2.39. The van der Waals surface area contributed by atoms with Crippen molar-refractivity contribution in [2.45, 2.75) is 24.9 Å². The van der Waals surface area contributed by atoms with Crippen molar-refractivity contribution >= 4 is 7.82 Å². The Kier molecular flexibility index (Phi) is 4.63. The van der Waals surface area contributed by atoms with Crippen LogP contribution in [0.2, 0.25) is 0 Å². The molecule has 1 unspecified atom stereocenters. The molecule has 0 saturated carbocycles. The summed E-state index contributed by atoms with van der Waals surface area (Å²) in [7, 11) is -4.97. The lowest BCUT2D eigenvalue weighted by molar-refractivity contribution is -0.214. The monoisotopic (exact) mass is 232 g/mol. The van der Waals surface area contributed by atoms with Crippen molar-refractivity contribution < 1.29 is 39.3 Å². The first-order valence-corrected chi connectivity index (χ1v) is 5.07. The number of hydrogen-bond acceptors (Lipinski definition) is 6. The summed E-state index contributed by atoms with van der Waals surface area (Å²) in [5.41, 5.74) is -2.38. The average Bonchev–Trinajstić information content (AvgIpc) is 1.99. The summed E-state index contributed by atoms with van der Waals surface area (Å²) in [5.74, 6) is 0. The molecule has 14 heavy (non-hydrogen) atoms. The molecule has 0 fully saturated rings. The number of phosphoric ester groups is 1. The highest BCUT2D eigenvalue weighted by Gasteiger charge is 2.41. The van der Waals surface area contributed by atoms with Gasteiger partial charge < -0.3 is 30.2 Å². The van der Waals surface area contributed by atoms with Crippen molar-refractivity contribution in [2.24, 2.45) is 0 Å². The fourth-order valence-electron chi connectivity index (χ4n) is 0.586. The van der Waals surface area contributed by atoms with Gasteiger partial charge in [-0.2, -0.15) is 0 Å². The molecule has 6 N–H and O–H groups in total. The van der Waals surface area contributed by atoms with Crippen LogP contribution in [0.5, 0.6) is 0 Å². The van der Waals surface area contributed by atoms with Crippen LogP contribution < -0.4 is 0 Å². The molecule has 8 nitrogen and oxygen atoms in total. The SMILES string of the molecule is C[C@@](O)(C(O)OP(=O)(O)O)[C@@H](O)CO. The van der Waals surface area contributed by atoms with Crippen molar-refractivity contribution in [3.05, 3.63) is 0 Å². The van der Waals surface area contributed by atoms with Gasteiger partial charge in [0.15, 0.2) is 6.29 Å². The Balaban J connectivity index is 4.51. The zero-order chi connectivity index (χ0) is 11.6. The van der Waals surface area contributed by atoms with E-state index in [0.29, 0.717) is 0 Å². The van der Waals surface area contributed by atoms with E-state index in [9.17, 15) is 9.67 Å². The molecule has 86 valence electrons. The minimum absolute atomic E-state index is 0.855. The number of aliphatic hydroxyl groups excluding tert-OH is 3. The second-order valence-electron chi connectivity index (χ2n) is 2.87. The summed E-state index contributed by atoms with van der Waals surface area (Å²) >= 11 is 0. The van der Waals surface area contributed by atoms with Crippen molar-refractivity contribution in [3.63, 3.8) is 0 Å². The lowest BCUT2D eigenvalue weighted by Gasteiger charge is -2.31. The topological polar surface area (TPSA) is 148 Å². The molecular weight excluding hydrogens is 219 g/mol. The number of rotatable bonds is 5. The highest BCUT2D eigenvalue weighted by atomic mass is 31.2. The molecule has 0 radical (unpaired) electrons. The fraction of sp³-hybridized carbons (Fsp3) is 1.00. The van der Waals surface area contributed by atoms with Gasteiger partial charge in [-0.1, -0.05) is 0 Å². The van der Waals surface area contributed by atoms with Crippen LogP contribution in [-0.2, 0) is 9.09 Å². The summed E-state index contributed by atoms with van der Waals surface area (Å²) in [6, 6.07) is 0. The van der Waals surface area contributed by atoms with Crippen LogP contribution in [0, 0.1) is 0 Å². The van der Waals surface area contributed by atoms with Crippen molar-refractivity contribution in [2.75, 3.05) is 6.61 Å². The maximum Gasteiger partial charge on any atom is 0.472 e. The molecule has 0 aliphatic heterocycles. The minimum atomic E-state index is -4.97. The standard InChI is InChI=1S/C5H13O8P/c1-5(9,3(7)2-6)4(8)13-14(10,11)12/h3-4,6-9H,2H2,1H3,(H2,10,11,12)/t3-,4?,5-/m0/s1. The second kappa shape index (κ2) is 4.65. The third kappa shape index (κ3) is 3.99. The lowest BCUT2D eigenvalue weighted by atomic mass is 9.99. The molecule has 0 aliphatic rings. The quantitative estimate of drug-likeness (QED) is 0.225. The molecule has 0 spiro atoms. The van der Waals surface area contributed by atoms with Crippen molar-refractivity contribution in [3.8, 4) is 0 Å². The molecule has 3 atom stereocenters. The van der Waals surface area contributed by atoms with E-state index in [1.807, 2.05) is 0 Å². The van der Waals surface area contributed by atoms with E-state index >= 15 is 0 Å². The lowest BCUT2D eigenvalue weighted by Crippen LogP contribution is -2.52. The summed E-state index contributed by atoms with van der Waals surface area (Å²) in [5, 5.41) is 35.7. The third-order valence-corrected chi connectivity index (χ3v) is 2.06. The van der Waals surface area contributed by atoms with Crippen LogP contribution in [-0.4, -0.2) is 54.8 Å². The normalized spacial score (nSPS) is 21.4. The smallest absolute Gasteiger partial charge is 0.394 e. The van der Waals surface area contributed by atoms with Crippen LogP contribution in [0.3, 0.4) is 0 Å². The van der Waals surface area contributed by atoms with Gasteiger partial charge in [-0.05, 0) is 6.92 Å². The number of hydrogen-bond donors (Lipinski definition) is 6. The third-order valence-electron chi connectivity index (χ3n) is 1.58. The average molecular weight is 232 g/mol. The zero-order valence-corrected chi connectivity index (χ0v) is 8.20.